The summed E-state index contributed by atoms with van der Waals surface area (Å²) in [4.78, 5) is 15.4. The van der Waals surface area contributed by atoms with Crippen molar-refractivity contribution in [3.63, 3.8) is 0 Å². The molecule has 22 heavy (non-hydrogen) atoms. The number of nitrogens with one attached hydrogen (secondary N) is 1. The first-order valence-corrected chi connectivity index (χ1v) is 6.77. The van der Waals surface area contributed by atoms with Gasteiger partial charge in [-0.05, 0) is 42.5 Å². The van der Waals surface area contributed by atoms with E-state index in [9.17, 15) is 4.79 Å². The molecule has 0 unspecified atom stereocenters. The van der Waals surface area contributed by atoms with E-state index in [0.29, 0.717) is 5.56 Å². The summed E-state index contributed by atoms with van der Waals surface area (Å²) in [5.41, 5.74) is 8.36. The predicted molar refractivity (Wildman–Crippen MR) is 86.5 cm³/mol. The summed E-state index contributed by atoms with van der Waals surface area (Å²) in [5.74, 6) is 0.330. The summed E-state index contributed by atoms with van der Waals surface area (Å²) in [6.07, 6.45) is 1.74. The molecule has 5 nitrogen and oxygen atoms in total. The van der Waals surface area contributed by atoms with Gasteiger partial charge in [-0.25, -0.2) is 0 Å². The maximum absolute atomic E-state index is 11.1. The molecule has 2 aromatic carbocycles. The summed E-state index contributed by atoms with van der Waals surface area (Å²) in [7, 11) is 1.63. The number of nitrogens with two attached hydrogens (primary N) is 1. The first-order chi connectivity index (χ1) is 10.7. The van der Waals surface area contributed by atoms with Gasteiger partial charge in [-0.2, -0.15) is 0 Å². The molecule has 0 atom stereocenters. The van der Waals surface area contributed by atoms with Crippen molar-refractivity contribution < 1.29 is 9.53 Å². The van der Waals surface area contributed by atoms with E-state index in [1.807, 2.05) is 36.4 Å². The molecule has 5 heteroatoms. The number of primary amides is 1. The van der Waals surface area contributed by atoms with Gasteiger partial charge in [-0.1, -0.05) is 0 Å². The molecule has 1 amide bonds. The number of nitrogens with zero attached hydrogens (tertiary/aromatic N) is 1. The molecular weight excluding hydrogens is 278 g/mol. The van der Waals surface area contributed by atoms with Gasteiger partial charge in [0, 0.05) is 34.6 Å². The Bertz CT molecular complexity index is 829. The Morgan fingerprint density at radius 2 is 1.91 bits per heavy atom. The van der Waals surface area contributed by atoms with Crippen molar-refractivity contribution in [3.8, 4) is 5.75 Å². The average molecular weight is 293 g/mol. The monoisotopic (exact) mass is 293 g/mol. The Kier molecular flexibility index (Phi) is 3.62. The highest BCUT2D eigenvalue weighted by Gasteiger charge is 2.05. The number of carbonyl (C=O) groups is 1. The lowest BCUT2D eigenvalue weighted by Crippen LogP contribution is -2.10. The van der Waals surface area contributed by atoms with Gasteiger partial charge in [0.15, 0.2) is 0 Å². The minimum Gasteiger partial charge on any atom is -0.497 e. The fraction of sp³-hybridized carbons (Fsp3) is 0.0588. The van der Waals surface area contributed by atoms with Gasteiger partial charge in [0.25, 0.3) is 0 Å². The zero-order valence-electron chi connectivity index (χ0n) is 12.0. The van der Waals surface area contributed by atoms with Crippen LogP contribution in [-0.2, 0) is 0 Å². The minimum atomic E-state index is -0.437. The molecule has 110 valence electrons. The van der Waals surface area contributed by atoms with Gasteiger partial charge in [0.2, 0.25) is 5.91 Å². The van der Waals surface area contributed by atoms with E-state index in [2.05, 4.69) is 10.3 Å². The number of amides is 1. The second-order valence-corrected chi connectivity index (χ2v) is 4.81. The topological polar surface area (TPSA) is 77.2 Å². The zero-order valence-corrected chi connectivity index (χ0v) is 12.0. The number of aromatic nitrogens is 1. The maximum atomic E-state index is 11.1. The number of carbonyl (C=O) groups excluding carboxylic acids is 1. The van der Waals surface area contributed by atoms with Gasteiger partial charge >= 0.3 is 0 Å². The maximum Gasteiger partial charge on any atom is 0.248 e. The highest BCUT2D eigenvalue weighted by Crippen LogP contribution is 2.27. The lowest BCUT2D eigenvalue weighted by Gasteiger charge is -2.10. The number of hydrogen-bond acceptors (Lipinski definition) is 4. The van der Waals surface area contributed by atoms with Crippen molar-refractivity contribution in [2.45, 2.75) is 0 Å². The minimum absolute atomic E-state index is 0.437. The van der Waals surface area contributed by atoms with Crippen LogP contribution in [0.1, 0.15) is 10.4 Å². The molecule has 3 rings (SSSR count). The van der Waals surface area contributed by atoms with Crippen molar-refractivity contribution in [2.24, 2.45) is 5.73 Å². The van der Waals surface area contributed by atoms with Crippen LogP contribution in [0.15, 0.2) is 54.7 Å². The first-order valence-electron chi connectivity index (χ1n) is 6.77. The Balaban J connectivity index is 1.94. The van der Waals surface area contributed by atoms with Crippen molar-refractivity contribution in [1.29, 1.82) is 0 Å². The molecule has 0 radical (unpaired) electrons. The van der Waals surface area contributed by atoms with Gasteiger partial charge in [-0.15, -0.1) is 0 Å². The normalized spacial score (nSPS) is 10.4. The molecular formula is C17H15N3O2. The molecule has 0 aliphatic heterocycles. The molecule has 0 aliphatic carbocycles. The van der Waals surface area contributed by atoms with Crippen LogP contribution in [-0.4, -0.2) is 18.0 Å². The average Bonchev–Trinajstić information content (AvgIpc) is 2.55. The van der Waals surface area contributed by atoms with Gasteiger partial charge in [-0.3, -0.25) is 9.78 Å². The third kappa shape index (κ3) is 2.69. The molecule has 3 aromatic rings. The van der Waals surface area contributed by atoms with Crippen LogP contribution in [0.5, 0.6) is 5.75 Å². The molecule has 1 heterocycles. The van der Waals surface area contributed by atoms with Crippen LogP contribution in [0.25, 0.3) is 10.9 Å². The number of ether oxygens (including phenoxy) is 1. The van der Waals surface area contributed by atoms with Crippen molar-refractivity contribution >= 4 is 28.2 Å². The molecule has 3 N–H and O–H groups in total. The second kappa shape index (κ2) is 5.73. The fourth-order valence-corrected chi connectivity index (χ4v) is 2.24. The SMILES string of the molecule is COc1ccc2c(Nc3ccc(C(N)=O)cc3)ccnc2c1. The highest BCUT2D eigenvalue weighted by atomic mass is 16.5. The Morgan fingerprint density at radius 1 is 1.14 bits per heavy atom. The summed E-state index contributed by atoms with van der Waals surface area (Å²) in [6.45, 7) is 0. The first kappa shape index (κ1) is 13.9. The number of fused-ring (bicyclic) bond motifs is 1. The van der Waals surface area contributed by atoms with Crippen molar-refractivity contribution in [2.75, 3.05) is 12.4 Å². The molecule has 1 aromatic heterocycles. The Hall–Kier alpha value is -3.08. The van der Waals surface area contributed by atoms with E-state index in [-0.39, 0.29) is 0 Å². The third-order valence-electron chi connectivity index (χ3n) is 3.40. The van der Waals surface area contributed by atoms with Crippen LogP contribution < -0.4 is 15.8 Å². The largest absolute Gasteiger partial charge is 0.497 e. The van der Waals surface area contributed by atoms with Crippen LogP contribution in [0.4, 0.5) is 11.4 Å². The van der Waals surface area contributed by atoms with Crippen LogP contribution in [0.2, 0.25) is 0 Å². The van der Waals surface area contributed by atoms with Crippen LogP contribution >= 0.6 is 0 Å². The van der Waals surface area contributed by atoms with E-state index in [1.54, 1.807) is 25.4 Å². The summed E-state index contributed by atoms with van der Waals surface area (Å²) < 4.78 is 5.21. The van der Waals surface area contributed by atoms with Crippen molar-refractivity contribution in [1.82, 2.24) is 4.98 Å². The third-order valence-corrected chi connectivity index (χ3v) is 3.40. The number of anilines is 2. The van der Waals surface area contributed by atoms with E-state index in [1.165, 1.54) is 0 Å². The zero-order chi connectivity index (χ0) is 15.5. The summed E-state index contributed by atoms with van der Waals surface area (Å²) >= 11 is 0. The van der Waals surface area contributed by atoms with E-state index in [0.717, 1.165) is 28.0 Å². The van der Waals surface area contributed by atoms with Gasteiger partial charge < -0.3 is 15.8 Å². The van der Waals surface area contributed by atoms with Crippen LogP contribution in [0.3, 0.4) is 0 Å². The molecule has 0 fully saturated rings. The fourth-order valence-electron chi connectivity index (χ4n) is 2.24. The van der Waals surface area contributed by atoms with Crippen LogP contribution in [0, 0.1) is 0 Å². The van der Waals surface area contributed by atoms with E-state index >= 15 is 0 Å². The van der Waals surface area contributed by atoms with E-state index < -0.39 is 5.91 Å². The molecule has 0 aliphatic rings. The molecule has 0 saturated heterocycles. The number of pyridine rings is 1. The lowest BCUT2D eigenvalue weighted by molar-refractivity contribution is 0.100. The highest BCUT2D eigenvalue weighted by molar-refractivity contribution is 5.95. The Morgan fingerprint density at radius 3 is 2.59 bits per heavy atom. The molecule has 0 bridgehead atoms. The quantitative estimate of drug-likeness (QED) is 0.775. The standard InChI is InChI=1S/C17H15N3O2/c1-22-13-6-7-14-15(8-9-19-16(14)10-13)20-12-4-2-11(3-5-12)17(18)21/h2-10H,1H3,(H2,18,21)(H,19,20). The lowest BCUT2D eigenvalue weighted by atomic mass is 10.1. The molecule has 0 spiro atoms. The summed E-state index contributed by atoms with van der Waals surface area (Å²) in [5, 5.41) is 4.31. The van der Waals surface area contributed by atoms with Gasteiger partial charge in [0.1, 0.15) is 5.75 Å². The van der Waals surface area contributed by atoms with Crippen molar-refractivity contribution in [3.05, 3.63) is 60.3 Å². The molecule has 0 saturated carbocycles. The van der Waals surface area contributed by atoms with E-state index in [4.69, 9.17) is 10.5 Å². The number of rotatable bonds is 4. The summed E-state index contributed by atoms with van der Waals surface area (Å²) in [6, 6.07) is 14.7. The number of benzene rings is 2. The predicted octanol–water partition coefficient (Wildman–Crippen LogP) is 3.09. The smallest absolute Gasteiger partial charge is 0.248 e. The number of hydrogen-bond donors (Lipinski definition) is 2. The van der Waals surface area contributed by atoms with Gasteiger partial charge in [0.05, 0.1) is 12.6 Å². The second-order valence-electron chi connectivity index (χ2n) is 4.81. The number of methoxy groups -OCH3 is 1. The Labute approximate surface area is 127 Å².